The minimum Gasteiger partial charge on any atom is -0.388 e. The monoisotopic (exact) mass is 250 g/mol. The third kappa shape index (κ3) is 8.43. The van der Waals surface area contributed by atoms with Crippen LogP contribution in [0.1, 0.15) is 6.92 Å². The van der Waals surface area contributed by atoms with Crippen molar-refractivity contribution in [3.8, 4) is 0 Å². The van der Waals surface area contributed by atoms with E-state index < -0.39 is 5.60 Å². The molecule has 1 unspecified atom stereocenters. The largest absolute Gasteiger partial charge is 0.388 e. The first-order valence-corrected chi connectivity index (χ1v) is 5.04. The molecule has 0 saturated heterocycles. The van der Waals surface area contributed by atoms with Crippen molar-refractivity contribution in [2.45, 2.75) is 12.5 Å². The Hall–Kier alpha value is 0.1000. The van der Waals surface area contributed by atoms with Gasteiger partial charge in [0.25, 0.3) is 0 Å². The van der Waals surface area contributed by atoms with Crippen LogP contribution in [0.5, 0.6) is 0 Å². The fourth-order valence-corrected chi connectivity index (χ4v) is 1.40. The maximum Gasteiger partial charge on any atom is 0.0869 e. The van der Waals surface area contributed by atoms with Crippen LogP contribution < -0.4 is 5.32 Å². The zero-order valence-electron chi connectivity index (χ0n) is 8.60. The number of aliphatic hydroxyl groups is 1. The summed E-state index contributed by atoms with van der Waals surface area (Å²) < 4.78 is 0.896. The molecule has 0 bridgehead atoms. The molecule has 0 spiro atoms. The molecule has 0 aliphatic carbocycles. The molecule has 0 rings (SSSR count). The summed E-state index contributed by atoms with van der Waals surface area (Å²) in [6.45, 7) is 7.41. The first-order valence-electron chi connectivity index (χ1n) is 4.24. The second-order valence-electron chi connectivity index (χ2n) is 3.86. The van der Waals surface area contributed by atoms with Gasteiger partial charge in [0.15, 0.2) is 0 Å². The van der Waals surface area contributed by atoms with Crippen LogP contribution in [0.2, 0.25) is 0 Å². The SMILES string of the molecule is C=C(Br)CNCC(C)(O)CN(C)C. The van der Waals surface area contributed by atoms with Crippen LogP contribution >= 0.6 is 15.9 Å². The number of rotatable bonds is 6. The molecule has 0 aliphatic heterocycles. The third-order valence-corrected chi connectivity index (χ3v) is 1.76. The van der Waals surface area contributed by atoms with E-state index in [2.05, 4.69) is 27.8 Å². The Morgan fingerprint density at radius 1 is 1.62 bits per heavy atom. The van der Waals surface area contributed by atoms with E-state index in [1.165, 1.54) is 0 Å². The predicted octanol–water partition coefficient (Wildman–Crippen LogP) is 0.797. The van der Waals surface area contributed by atoms with Crippen LogP contribution in [0.3, 0.4) is 0 Å². The molecule has 13 heavy (non-hydrogen) atoms. The van der Waals surface area contributed by atoms with Crippen molar-refractivity contribution >= 4 is 15.9 Å². The molecule has 4 heteroatoms. The lowest BCUT2D eigenvalue weighted by atomic mass is 10.1. The molecule has 0 heterocycles. The highest BCUT2D eigenvalue weighted by atomic mass is 79.9. The number of nitrogens with zero attached hydrogens (tertiary/aromatic N) is 1. The Bertz CT molecular complexity index is 169. The maximum atomic E-state index is 9.85. The summed E-state index contributed by atoms with van der Waals surface area (Å²) in [7, 11) is 3.88. The van der Waals surface area contributed by atoms with E-state index in [1.54, 1.807) is 0 Å². The fraction of sp³-hybridized carbons (Fsp3) is 0.778. The highest BCUT2D eigenvalue weighted by molar-refractivity contribution is 9.11. The highest BCUT2D eigenvalue weighted by Gasteiger charge is 2.20. The van der Waals surface area contributed by atoms with Gasteiger partial charge in [-0.05, 0) is 21.0 Å². The van der Waals surface area contributed by atoms with Gasteiger partial charge in [-0.1, -0.05) is 22.5 Å². The first-order chi connectivity index (χ1) is 5.83. The Kier molecular flexibility index (Phi) is 5.80. The molecule has 3 nitrogen and oxygen atoms in total. The number of halogens is 1. The van der Waals surface area contributed by atoms with Crippen LogP contribution in [0.4, 0.5) is 0 Å². The van der Waals surface area contributed by atoms with Crippen molar-refractivity contribution in [2.75, 3.05) is 33.7 Å². The standard InChI is InChI=1S/C9H19BrN2O/c1-8(10)5-11-6-9(2,13)7-12(3)4/h11,13H,1,5-7H2,2-4H3. The molecule has 0 amide bonds. The van der Waals surface area contributed by atoms with Crippen molar-refractivity contribution in [1.82, 2.24) is 10.2 Å². The normalized spacial score (nSPS) is 15.8. The fourth-order valence-electron chi connectivity index (χ4n) is 1.20. The first kappa shape index (κ1) is 13.1. The average Bonchev–Trinajstić information content (AvgIpc) is 1.81. The van der Waals surface area contributed by atoms with Gasteiger partial charge < -0.3 is 15.3 Å². The summed E-state index contributed by atoms with van der Waals surface area (Å²) in [6, 6.07) is 0. The van der Waals surface area contributed by atoms with Crippen molar-refractivity contribution in [3.63, 3.8) is 0 Å². The lowest BCUT2D eigenvalue weighted by molar-refractivity contribution is 0.0347. The summed E-state index contributed by atoms with van der Waals surface area (Å²) in [5, 5.41) is 13.0. The van der Waals surface area contributed by atoms with Gasteiger partial charge in [-0.2, -0.15) is 0 Å². The maximum absolute atomic E-state index is 9.85. The summed E-state index contributed by atoms with van der Waals surface area (Å²) >= 11 is 3.24. The van der Waals surface area contributed by atoms with Crippen LogP contribution in [0, 0.1) is 0 Å². The quantitative estimate of drug-likeness (QED) is 0.733. The van der Waals surface area contributed by atoms with E-state index in [1.807, 2.05) is 25.9 Å². The number of nitrogens with one attached hydrogen (secondary N) is 1. The van der Waals surface area contributed by atoms with E-state index in [9.17, 15) is 5.11 Å². The lowest BCUT2D eigenvalue weighted by Gasteiger charge is -2.27. The zero-order valence-corrected chi connectivity index (χ0v) is 10.2. The average molecular weight is 251 g/mol. The number of likely N-dealkylation sites (N-methyl/N-ethyl adjacent to an activating group) is 1. The molecule has 0 aromatic heterocycles. The van der Waals surface area contributed by atoms with E-state index in [0.717, 1.165) is 4.48 Å². The van der Waals surface area contributed by atoms with Gasteiger partial charge in [0.05, 0.1) is 5.60 Å². The molecule has 0 saturated carbocycles. The zero-order chi connectivity index (χ0) is 10.5. The molecule has 2 N–H and O–H groups in total. The predicted molar refractivity (Wildman–Crippen MR) is 60.1 cm³/mol. The van der Waals surface area contributed by atoms with Crippen molar-refractivity contribution in [1.29, 1.82) is 0 Å². The van der Waals surface area contributed by atoms with Crippen molar-refractivity contribution < 1.29 is 5.11 Å². The summed E-state index contributed by atoms with van der Waals surface area (Å²) in [6.07, 6.45) is 0. The topological polar surface area (TPSA) is 35.5 Å². The van der Waals surface area contributed by atoms with E-state index in [-0.39, 0.29) is 0 Å². The van der Waals surface area contributed by atoms with Crippen LogP contribution in [0.15, 0.2) is 11.1 Å². The molecule has 0 aliphatic rings. The Labute approximate surface area is 88.9 Å². The summed E-state index contributed by atoms with van der Waals surface area (Å²) in [4.78, 5) is 1.96. The highest BCUT2D eigenvalue weighted by Crippen LogP contribution is 2.03. The van der Waals surface area contributed by atoms with Gasteiger partial charge in [-0.25, -0.2) is 0 Å². The van der Waals surface area contributed by atoms with Crippen molar-refractivity contribution in [3.05, 3.63) is 11.1 Å². The van der Waals surface area contributed by atoms with E-state index >= 15 is 0 Å². The van der Waals surface area contributed by atoms with E-state index in [0.29, 0.717) is 19.6 Å². The molecular weight excluding hydrogens is 232 g/mol. The summed E-state index contributed by atoms with van der Waals surface area (Å²) in [5.74, 6) is 0. The van der Waals surface area contributed by atoms with Gasteiger partial charge in [-0.3, -0.25) is 0 Å². The Balaban J connectivity index is 3.68. The second-order valence-corrected chi connectivity index (χ2v) is 4.98. The van der Waals surface area contributed by atoms with Gasteiger partial charge in [0.1, 0.15) is 0 Å². The van der Waals surface area contributed by atoms with Crippen LogP contribution in [0.25, 0.3) is 0 Å². The molecule has 0 aromatic rings. The Morgan fingerprint density at radius 3 is 2.54 bits per heavy atom. The molecule has 78 valence electrons. The van der Waals surface area contributed by atoms with Gasteiger partial charge in [0, 0.05) is 24.1 Å². The third-order valence-electron chi connectivity index (χ3n) is 1.48. The minimum atomic E-state index is -0.689. The molecule has 1 atom stereocenters. The van der Waals surface area contributed by atoms with Crippen LogP contribution in [-0.4, -0.2) is 49.3 Å². The molecule has 0 aromatic carbocycles. The smallest absolute Gasteiger partial charge is 0.0869 e. The van der Waals surface area contributed by atoms with Gasteiger partial charge >= 0.3 is 0 Å². The minimum absolute atomic E-state index is 0.565. The summed E-state index contributed by atoms with van der Waals surface area (Å²) in [5.41, 5.74) is -0.689. The molecular formula is C9H19BrN2O. The van der Waals surface area contributed by atoms with Crippen molar-refractivity contribution in [2.24, 2.45) is 0 Å². The Morgan fingerprint density at radius 2 is 2.15 bits per heavy atom. The van der Waals surface area contributed by atoms with Crippen LogP contribution in [-0.2, 0) is 0 Å². The number of hydrogen-bond acceptors (Lipinski definition) is 3. The second kappa shape index (κ2) is 5.75. The van der Waals surface area contributed by atoms with Gasteiger partial charge in [0.2, 0.25) is 0 Å². The molecule has 0 fully saturated rings. The lowest BCUT2D eigenvalue weighted by Crippen LogP contribution is -2.45. The van der Waals surface area contributed by atoms with E-state index in [4.69, 9.17) is 0 Å². The van der Waals surface area contributed by atoms with Gasteiger partial charge in [-0.15, -0.1) is 0 Å². The molecule has 0 radical (unpaired) electrons. The number of hydrogen-bond donors (Lipinski definition) is 2.